The smallest absolute Gasteiger partial charge is 0.0388 e. The van der Waals surface area contributed by atoms with E-state index < -0.39 is 0 Å². The minimum atomic E-state index is 0.536. The number of hydrogen-bond acceptors (Lipinski definition) is 3. The Kier molecular flexibility index (Phi) is 6.85. The first-order valence-corrected chi connectivity index (χ1v) is 14.0. The molecule has 0 radical (unpaired) electrons. The average molecular weight is 523 g/mol. The highest BCUT2D eigenvalue weighted by molar-refractivity contribution is 7.25. The molecule has 0 atom stereocenters. The minimum absolute atomic E-state index is 0.536. The lowest BCUT2D eigenvalue weighted by molar-refractivity contribution is 1.09. The molecular formula is C36H30N2S. The summed E-state index contributed by atoms with van der Waals surface area (Å²) in [5, 5.41) is 2.54. The van der Waals surface area contributed by atoms with Crippen molar-refractivity contribution in [2.45, 2.75) is 13.5 Å². The van der Waals surface area contributed by atoms with Gasteiger partial charge in [0.15, 0.2) is 0 Å². The van der Waals surface area contributed by atoms with Crippen molar-refractivity contribution < 1.29 is 0 Å². The Morgan fingerprint density at radius 1 is 0.641 bits per heavy atom. The van der Waals surface area contributed by atoms with Crippen LogP contribution in [0.15, 0.2) is 127 Å². The van der Waals surface area contributed by atoms with Gasteiger partial charge in [-0.25, -0.2) is 0 Å². The lowest BCUT2D eigenvalue weighted by atomic mass is 9.95. The number of hydrogen-bond donors (Lipinski definition) is 2. The van der Waals surface area contributed by atoms with Crippen LogP contribution in [0.25, 0.3) is 53.7 Å². The second-order valence-corrected chi connectivity index (χ2v) is 10.9. The zero-order chi connectivity index (χ0) is 26.8. The Morgan fingerprint density at radius 3 is 1.95 bits per heavy atom. The van der Waals surface area contributed by atoms with E-state index in [2.05, 4.69) is 116 Å². The maximum atomic E-state index is 6.71. The lowest BCUT2D eigenvalue weighted by Crippen LogP contribution is -1.97. The van der Waals surface area contributed by atoms with Crippen LogP contribution in [0.4, 0.5) is 0 Å². The Balaban J connectivity index is 1.39. The van der Waals surface area contributed by atoms with Gasteiger partial charge in [0.05, 0.1) is 0 Å². The summed E-state index contributed by atoms with van der Waals surface area (Å²) in [6, 6.07) is 40.6. The van der Waals surface area contributed by atoms with Crippen LogP contribution in [0, 0.1) is 0 Å². The SMILES string of the molecule is C/C(=C\C=C(/N)c1cc(-c2ccccc2)cc(-c2ccccc2)c1)c1ccc2sc3cccc(CN)c3c2c1. The van der Waals surface area contributed by atoms with E-state index >= 15 is 0 Å². The van der Waals surface area contributed by atoms with E-state index in [-0.39, 0.29) is 0 Å². The van der Waals surface area contributed by atoms with E-state index in [1.165, 1.54) is 42.4 Å². The second-order valence-electron chi connectivity index (χ2n) is 9.81. The zero-order valence-corrected chi connectivity index (χ0v) is 22.7. The highest BCUT2D eigenvalue weighted by atomic mass is 32.1. The third-order valence-electron chi connectivity index (χ3n) is 7.25. The van der Waals surface area contributed by atoms with Crippen LogP contribution in [-0.4, -0.2) is 0 Å². The molecule has 0 spiro atoms. The van der Waals surface area contributed by atoms with Crippen molar-refractivity contribution in [2.24, 2.45) is 11.5 Å². The monoisotopic (exact) mass is 522 g/mol. The molecule has 0 aliphatic carbocycles. The van der Waals surface area contributed by atoms with Crippen LogP contribution in [-0.2, 0) is 6.54 Å². The molecule has 3 heteroatoms. The first-order valence-electron chi connectivity index (χ1n) is 13.2. The number of fused-ring (bicyclic) bond motifs is 3. The maximum absolute atomic E-state index is 6.71. The van der Waals surface area contributed by atoms with Gasteiger partial charge >= 0.3 is 0 Å². The summed E-state index contributed by atoms with van der Waals surface area (Å²) >= 11 is 1.82. The van der Waals surface area contributed by atoms with Gasteiger partial charge in [0.1, 0.15) is 0 Å². The molecule has 0 aliphatic heterocycles. The topological polar surface area (TPSA) is 52.0 Å². The first-order chi connectivity index (χ1) is 19.1. The first kappa shape index (κ1) is 24.9. The highest BCUT2D eigenvalue weighted by Gasteiger charge is 2.10. The molecule has 0 saturated heterocycles. The van der Waals surface area contributed by atoms with Crippen LogP contribution >= 0.6 is 11.3 Å². The van der Waals surface area contributed by atoms with Gasteiger partial charge in [-0.15, -0.1) is 11.3 Å². The molecule has 1 heterocycles. The molecule has 0 saturated carbocycles. The molecule has 2 nitrogen and oxygen atoms in total. The average Bonchev–Trinajstić information content (AvgIpc) is 3.38. The van der Waals surface area contributed by atoms with Gasteiger partial charge < -0.3 is 11.5 Å². The molecule has 1 aromatic heterocycles. The molecule has 39 heavy (non-hydrogen) atoms. The van der Waals surface area contributed by atoms with E-state index in [4.69, 9.17) is 11.5 Å². The maximum Gasteiger partial charge on any atom is 0.0388 e. The van der Waals surface area contributed by atoms with Crippen LogP contribution in [0.1, 0.15) is 23.6 Å². The number of benzene rings is 5. The summed E-state index contributed by atoms with van der Waals surface area (Å²) in [6.45, 7) is 2.67. The molecular weight excluding hydrogens is 492 g/mol. The summed E-state index contributed by atoms with van der Waals surface area (Å²) in [5.41, 5.74) is 22.7. The summed E-state index contributed by atoms with van der Waals surface area (Å²) in [7, 11) is 0. The molecule has 0 amide bonds. The third kappa shape index (κ3) is 5.03. The molecule has 0 fully saturated rings. The Morgan fingerprint density at radius 2 is 1.31 bits per heavy atom. The predicted octanol–water partition coefficient (Wildman–Crippen LogP) is 9.25. The van der Waals surface area contributed by atoms with Crippen molar-refractivity contribution >= 4 is 42.8 Å². The fourth-order valence-electron chi connectivity index (χ4n) is 5.11. The zero-order valence-electron chi connectivity index (χ0n) is 21.9. The second kappa shape index (κ2) is 10.7. The minimum Gasteiger partial charge on any atom is -0.398 e. The normalized spacial score (nSPS) is 12.4. The predicted molar refractivity (Wildman–Crippen MR) is 170 cm³/mol. The highest BCUT2D eigenvalue weighted by Crippen LogP contribution is 2.37. The quantitative estimate of drug-likeness (QED) is 0.214. The number of nitrogens with two attached hydrogens (primary N) is 2. The van der Waals surface area contributed by atoms with Gasteiger partial charge in [0, 0.05) is 32.4 Å². The molecule has 190 valence electrons. The fourth-order valence-corrected chi connectivity index (χ4v) is 6.25. The van der Waals surface area contributed by atoms with Gasteiger partial charge in [-0.05, 0) is 93.9 Å². The Labute approximate surface area is 233 Å². The van der Waals surface area contributed by atoms with Gasteiger partial charge in [-0.2, -0.15) is 0 Å². The van der Waals surface area contributed by atoms with Gasteiger partial charge in [0.25, 0.3) is 0 Å². The van der Waals surface area contributed by atoms with Crippen molar-refractivity contribution in [1.82, 2.24) is 0 Å². The molecule has 5 aromatic carbocycles. The molecule has 0 aliphatic rings. The summed E-state index contributed by atoms with van der Waals surface area (Å²) in [6.07, 6.45) is 4.14. The van der Waals surface area contributed by atoms with E-state index in [9.17, 15) is 0 Å². The van der Waals surface area contributed by atoms with Crippen molar-refractivity contribution in [3.05, 3.63) is 144 Å². The van der Waals surface area contributed by atoms with Crippen LogP contribution < -0.4 is 11.5 Å². The van der Waals surface area contributed by atoms with Crippen LogP contribution in [0.5, 0.6) is 0 Å². The summed E-state index contributed by atoms with van der Waals surface area (Å²) < 4.78 is 2.56. The van der Waals surface area contributed by atoms with Gasteiger partial charge in [-0.1, -0.05) is 84.9 Å². The molecule has 6 aromatic rings. The van der Waals surface area contributed by atoms with Gasteiger partial charge in [-0.3, -0.25) is 0 Å². The van der Waals surface area contributed by atoms with Crippen LogP contribution in [0.2, 0.25) is 0 Å². The molecule has 0 unspecified atom stereocenters. The fraction of sp³-hybridized carbons (Fsp3) is 0.0556. The molecule has 4 N–H and O–H groups in total. The molecule has 0 bridgehead atoms. The number of rotatable bonds is 6. The van der Waals surface area contributed by atoms with Crippen molar-refractivity contribution in [2.75, 3.05) is 0 Å². The van der Waals surface area contributed by atoms with E-state index in [1.54, 1.807) is 0 Å². The van der Waals surface area contributed by atoms with Crippen molar-refractivity contribution in [3.8, 4) is 22.3 Å². The van der Waals surface area contributed by atoms with Gasteiger partial charge in [0.2, 0.25) is 0 Å². The standard InChI is InChI=1S/C36H30N2S/c1-24(27-16-18-34-32(22-27)36-28(23-37)13-8-14-35(36)39-34)15-17-33(38)31-20-29(25-9-4-2-5-10-25)19-30(21-31)26-11-6-3-7-12-26/h2-22H,23,37-38H2,1H3/b24-15+,33-17-. The lowest BCUT2D eigenvalue weighted by Gasteiger charge is -2.11. The number of allylic oxidation sites excluding steroid dienone is 3. The Bertz CT molecular complexity index is 1790. The molecule has 6 rings (SSSR count). The van der Waals surface area contributed by atoms with Crippen LogP contribution in [0.3, 0.4) is 0 Å². The summed E-state index contributed by atoms with van der Waals surface area (Å²) in [5.74, 6) is 0. The van der Waals surface area contributed by atoms with E-state index in [0.29, 0.717) is 6.54 Å². The van der Waals surface area contributed by atoms with E-state index in [1.807, 2.05) is 29.5 Å². The third-order valence-corrected chi connectivity index (χ3v) is 8.39. The Hall–Kier alpha value is -4.44. The van der Waals surface area contributed by atoms with Crippen molar-refractivity contribution in [3.63, 3.8) is 0 Å². The number of thiophene rings is 1. The largest absolute Gasteiger partial charge is 0.398 e. The van der Waals surface area contributed by atoms with E-state index in [0.717, 1.165) is 28.0 Å². The summed E-state index contributed by atoms with van der Waals surface area (Å²) in [4.78, 5) is 0. The van der Waals surface area contributed by atoms with Crippen molar-refractivity contribution in [1.29, 1.82) is 0 Å².